The highest BCUT2D eigenvalue weighted by atomic mass is 35.6. The van der Waals surface area contributed by atoms with Crippen molar-refractivity contribution in [3.8, 4) is 0 Å². The normalized spacial score (nSPS) is 15.0. The first kappa shape index (κ1) is 7.47. The summed E-state index contributed by atoms with van der Waals surface area (Å²) >= 11 is 5.79. The predicted molar refractivity (Wildman–Crippen MR) is 37.2 cm³/mol. The quantitative estimate of drug-likeness (QED) is 0.406. The van der Waals surface area contributed by atoms with Gasteiger partial charge in [-0.15, -0.1) is 0 Å². The lowest BCUT2D eigenvalue weighted by Crippen LogP contribution is -2.27. The van der Waals surface area contributed by atoms with E-state index in [-0.39, 0.29) is 0 Å². The van der Waals surface area contributed by atoms with Crippen LogP contribution in [0.1, 0.15) is 6.92 Å². The van der Waals surface area contributed by atoms with Crippen molar-refractivity contribution in [3.05, 3.63) is 0 Å². The second-order valence-corrected chi connectivity index (χ2v) is 5.57. The fourth-order valence-electron chi connectivity index (χ4n) is 0.252. The molecule has 0 aromatic rings. The van der Waals surface area contributed by atoms with Crippen LogP contribution in [0.5, 0.6) is 0 Å². The van der Waals surface area contributed by atoms with Crippen molar-refractivity contribution in [2.75, 3.05) is 13.6 Å². The number of halogens is 1. The van der Waals surface area contributed by atoms with Gasteiger partial charge in [-0.25, -0.2) is 0 Å². The summed E-state index contributed by atoms with van der Waals surface area (Å²) < 4.78 is 2.20. The predicted octanol–water partition coefficient (Wildman–Crippen LogP) is 1.03. The first-order valence-corrected chi connectivity index (χ1v) is 5.94. The van der Waals surface area contributed by atoms with Crippen LogP contribution in [0.4, 0.5) is 0 Å². The number of hydrogen-bond acceptors (Lipinski definition) is 1. The van der Waals surface area contributed by atoms with Gasteiger partial charge in [0, 0.05) is 0 Å². The van der Waals surface area contributed by atoms with Gasteiger partial charge in [0.2, 0.25) is 8.27 Å². The van der Waals surface area contributed by atoms with Crippen molar-refractivity contribution < 1.29 is 0 Å². The van der Waals surface area contributed by atoms with E-state index in [0.29, 0.717) is 0 Å². The van der Waals surface area contributed by atoms with Crippen LogP contribution in [-0.2, 0) is 0 Å². The van der Waals surface area contributed by atoms with Crippen LogP contribution in [0, 0.1) is 0 Å². The first-order chi connectivity index (χ1) is 3.18. The maximum Gasteiger partial charge on any atom is 0.210 e. The van der Waals surface area contributed by atoms with E-state index in [1.807, 2.05) is 0 Å². The van der Waals surface area contributed by atoms with Crippen molar-refractivity contribution in [2.24, 2.45) is 0 Å². The van der Waals surface area contributed by atoms with Gasteiger partial charge in [0.05, 0.1) is 0 Å². The van der Waals surface area contributed by atoms with Crippen molar-refractivity contribution in [1.29, 1.82) is 0 Å². The molecule has 7 heavy (non-hydrogen) atoms. The third kappa shape index (κ3) is 3.09. The average molecular weight is 138 g/mol. The van der Waals surface area contributed by atoms with E-state index >= 15 is 0 Å². The maximum absolute atomic E-state index is 5.79. The van der Waals surface area contributed by atoms with Crippen LogP contribution in [0.15, 0.2) is 0 Å². The van der Waals surface area contributed by atoms with E-state index in [1.54, 1.807) is 0 Å². The number of nitrogens with zero attached hydrogens (tertiary/aromatic N) is 1. The zero-order valence-electron chi connectivity index (χ0n) is 5.11. The van der Waals surface area contributed by atoms with Crippen LogP contribution in [-0.4, -0.2) is 26.4 Å². The lowest BCUT2D eigenvalue weighted by atomic mass is 10.8. The molecule has 1 nitrogen and oxygen atoms in total. The van der Waals surface area contributed by atoms with Crippen molar-refractivity contribution in [3.63, 3.8) is 0 Å². The summed E-state index contributed by atoms with van der Waals surface area (Å²) in [7, 11) is 1.10. The number of rotatable bonds is 2. The van der Waals surface area contributed by atoms with Gasteiger partial charge in [-0.1, -0.05) is 6.92 Å². The SMILES string of the molecule is CCN(C)[SiH](C)Cl. The average Bonchev–Trinajstić information content (AvgIpc) is 1.65. The molecule has 0 heterocycles. The first-order valence-electron chi connectivity index (χ1n) is 2.52. The molecule has 0 radical (unpaired) electrons. The third-order valence-electron chi connectivity index (χ3n) is 1.11. The Kier molecular flexibility index (Phi) is 3.70. The zero-order valence-corrected chi connectivity index (χ0v) is 7.02. The molecule has 1 unspecified atom stereocenters. The van der Waals surface area contributed by atoms with Gasteiger partial charge in [-0.3, -0.25) is 0 Å². The molecule has 0 saturated carbocycles. The highest BCUT2D eigenvalue weighted by Crippen LogP contribution is 1.92. The van der Waals surface area contributed by atoms with Crippen LogP contribution in [0.25, 0.3) is 0 Å². The molecule has 0 fully saturated rings. The molecule has 0 aliphatic carbocycles. The molecule has 1 atom stereocenters. The van der Waals surface area contributed by atoms with Gasteiger partial charge in [0.1, 0.15) is 0 Å². The van der Waals surface area contributed by atoms with Gasteiger partial charge in [-0.05, 0) is 20.1 Å². The minimum absolute atomic E-state index is 0.959. The highest BCUT2D eigenvalue weighted by molar-refractivity contribution is 7.04. The Balaban J connectivity index is 3.14. The largest absolute Gasteiger partial charge is 0.317 e. The van der Waals surface area contributed by atoms with Crippen LogP contribution < -0.4 is 0 Å². The molecule has 0 aromatic heterocycles. The van der Waals surface area contributed by atoms with E-state index in [9.17, 15) is 0 Å². The second kappa shape index (κ2) is 3.47. The molecular weight excluding hydrogens is 126 g/mol. The smallest absolute Gasteiger partial charge is 0.210 e. The minimum Gasteiger partial charge on any atom is -0.317 e. The monoisotopic (exact) mass is 137 g/mol. The van der Waals surface area contributed by atoms with Gasteiger partial charge < -0.3 is 4.57 Å². The third-order valence-corrected chi connectivity index (χ3v) is 3.69. The van der Waals surface area contributed by atoms with Crippen LogP contribution in [0.2, 0.25) is 6.55 Å². The fourth-order valence-corrected chi connectivity index (χ4v) is 1.17. The Labute approximate surface area is 51.7 Å². The summed E-state index contributed by atoms with van der Waals surface area (Å²) in [6.45, 7) is 5.30. The Hall–Kier alpha value is 0.467. The molecule has 3 heteroatoms. The summed E-state index contributed by atoms with van der Waals surface area (Å²) in [5, 5.41) is 0. The molecule has 44 valence electrons. The molecule has 0 aliphatic rings. The Morgan fingerprint density at radius 2 is 2.14 bits per heavy atom. The van der Waals surface area contributed by atoms with Gasteiger partial charge >= 0.3 is 0 Å². The van der Waals surface area contributed by atoms with Crippen molar-refractivity contribution in [2.45, 2.75) is 13.5 Å². The highest BCUT2D eigenvalue weighted by Gasteiger charge is 2.01. The van der Waals surface area contributed by atoms with Crippen molar-refractivity contribution >= 4 is 19.3 Å². The topological polar surface area (TPSA) is 3.24 Å². The summed E-state index contributed by atoms with van der Waals surface area (Å²) in [5.41, 5.74) is 0. The maximum atomic E-state index is 5.79. The Morgan fingerprint density at radius 1 is 1.71 bits per heavy atom. The van der Waals surface area contributed by atoms with Gasteiger partial charge in [-0.2, -0.15) is 11.1 Å². The van der Waals surface area contributed by atoms with E-state index in [0.717, 1.165) is 6.54 Å². The number of hydrogen-bond donors (Lipinski definition) is 0. The molecule has 0 N–H and O–H groups in total. The lowest BCUT2D eigenvalue weighted by Gasteiger charge is -2.13. The molecule has 0 rings (SSSR count). The van der Waals surface area contributed by atoms with Gasteiger partial charge in [0.25, 0.3) is 0 Å². The summed E-state index contributed by atoms with van der Waals surface area (Å²) in [4.78, 5) is 0. The molecule has 0 aliphatic heterocycles. The Bertz CT molecular complexity index is 49.0. The summed E-state index contributed by atoms with van der Waals surface area (Å²) in [6, 6.07) is 0. The molecular formula is C4H12ClNSi. The molecule has 0 amide bonds. The minimum atomic E-state index is -0.959. The second-order valence-electron chi connectivity index (χ2n) is 1.65. The van der Waals surface area contributed by atoms with E-state index in [4.69, 9.17) is 11.1 Å². The van der Waals surface area contributed by atoms with Crippen molar-refractivity contribution in [1.82, 2.24) is 4.57 Å². The summed E-state index contributed by atoms with van der Waals surface area (Å²) in [6.07, 6.45) is 0. The van der Waals surface area contributed by atoms with E-state index < -0.39 is 8.27 Å². The molecule has 0 saturated heterocycles. The fraction of sp³-hybridized carbons (Fsp3) is 1.00. The zero-order chi connectivity index (χ0) is 5.86. The summed E-state index contributed by atoms with van der Waals surface area (Å²) in [5.74, 6) is 0. The van der Waals surface area contributed by atoms with Gasteiger partial charge in [0.15, 0.2) is 0 Å². The van der Waals surface area contributed by atoms with E-state index in [2.05, 4.69) is 25.1 Å². The molecule has 0 bridgehead atoms. The van der Waals surface area contributed by atoms with Crippen LogP contribution >= 0.6 is 11.1 Å². The van der Waals surface area contributed by atoms with Crippen LogP contribution in [0.3, 0.4) is 0 Å². The lowest BCUT2D eigenvalue weighted by molar-refractivity contribution is 0.565. The van der Waals surface area contributed by atoms with E-state index in [1.165, 1.54) is 0 Å². The standard InChI is InChI=1S/C4H12ClNSi/c1-4-6(2)7(3)5/h7H,4H2,1-3H3. The molecule has 0 aromatic carbocycles. The Morgan fingerprint density at radius 3 is 2.14 bits per heavy atom. The molecule has 0 spiro atoms.